The second-order valence-corrected chi connectivity index (χ2v) is 7.82. The molecule has 0 amide bonds. The number of carboxylic acids is 7. The third-order valence-electron chi connectivity index (χ3n) is 4.87. The van der Waals surface area contributed by atoms with Gasteiger partial charge in [-0.15, -0.1) is 0 Å². The highest BCUT2D eigenvalue weighted by molar-refractivity contribution is 6.00. The zero-order valence-corrected chi connectivity index (χ0v) is 21.6. The van der Waals surface area contributed by atoms with E-state index >= 15 is 0 Å². The monoisotopic (exact) mass is 594 g/mol. The fourth-order valence-electron chi connectivity index (χ4n) is 3.34. The Morgan fingerprint density at radius 3 is 1.16 bits per heavy atom. The maximum Gasteiger partial charge on any atom is 0.328 e. The van der Waals surface area contributed by atoms with Crippen molar-refractivity contribution >= 4 is 71.7 Å². The van der Waals surface area contributed by atoms with Gasteiger partial charge in [-0.05, 0) is 87.6 Å². The van der Waals surface area contributed by atoms with Gasteiger partial charge >= 0.3 is 41.8 Å². The fraction of sp³-hybridized carbons (Fsp3) is 0. The van der Waals surface area contributed by atoms with E-state index in [1.165, 1.54) is 0 Å². The van der Waals surface area contributed by atoms with E-state index in [0.717, 1.165) is 48.6 Å². The maximum atomic E-state index is 11.5. The molecule has 1 aromatic rings. The van der Waals surface area contributed by atoms with Crippen LogP contribution in [0.5, 0.6) is 0 Å². The lowest BCUT2D eigenvalue weighted by molar-refractivity contribution is -0.132. The number of allylic oxidation sites excluding steroid dienone is 5. The van der Waals surface area contributed by atoms with Crippen LogP contribution in [0.4, 0.5) is 0 Å². The standard InChI is InChI=1S/C29H22O14/c30-23(31)8-1-16(2-9-24(32)33)18(4-11-26(36)37)22-15-17(3-10-25(34)35)19(5-12-27(38)39)20(6-13-28(40)41)21(22)7-14-29(42)43/h1-15H,(H,30,31)(H,32,33)(H,34,35)(H,36,37)(H,38,39)(H,40,41)(H,42,43). The van der Waals surface area contributed by atoms with E-state index in [2.05, 4.69) is 0 Å². The lowest BCUT2D eigenvalue weighted by atomic mass is 9.85. The van der Waals surface area contributed by atoms with Crippen LogP contribution < -0.4 is 0 Å². The Morgan fingerprint density at radius 2 is 0.744 bits per heavy atom. The summed E-state index contributed by atoms with van der Waals surface area (Å²) < 4.78 is 0. The molecular formula is C29H22O14. The van der Waals surface area contributed by atoms with Gasteiger partial charge in [-0.25, -0.2) is 33.6 Å². The summed E-state index contributed by atoms with van der Waals surface area (Å²) >= 11 is 0. The third-order valence-corrected chi connectivity index (χ3v) is 4.87. The van der Waals surface area contributed by atoms with E-state index in [9.17, 15) is 59.1 Å². The molecule has 1 rings (SSSR count). The van der Waals surface area contributed by atoms with Gasteiger partial charge in [0.05, 0.1) is 0 Å². The van der Waals surface area contributed by atoms with Gasteiger partial charge in [-0.3, -0.25) is 0 Å². The number of benzene rings is 1. The largest absolute Gasteiger partial charge is 0.478 e. The number of aliphatic carboxylic acids is 7. The minimum atomic E-state index is -1.51. The molecule has 43 heavy (non-hydrogen) atoms. The average Bonchev–Trinajstić information content (AvgIpc) is 2.89. The van der Waals surface area contributed by atoms with E-state index in [1.807, 2.05) is 0 Å². The summed E-state index contributed by atoms with van der Waals surface area (Å²) in [5.41, 5.74) is -1.25. The van der Waals surface area contributed by atoms with Gasteiger partial charge < -0.3 is 35.7 Å². The molecule has 0 unspecified atom stereocenters. The molecule has 0 radical (unpaired) electrons. The van der Waals surface area contributed by atoms with Crippen LogP contribution in [0.15, 0.2) is 72.4 Å². The van der Waals surface area contributed by atoms with Crippen LogP contribution in [-0.2, 0) is 33.6 Å². The topological polar surface area (TPSA) is 261 Å². The molecule has 0 aromatic heterocycles. The highest BCUT2D eigenvalue weighted by Gasteiger charge is 2.18. The minimum Gasteiger partial charge on any atom is -0.478 e. The first-order chi connectivity index (χ1) is 20.1. The maximum absolute atomic E-state index is 11.5. The molecule has 0 spiro atoms. The molecule has 0 aliphatic heterocycles. The minimum absolute atomic E-state index is 0.0996. The lowest BCUT2D eigenvalue weighted by Gasteiger charge is -2.18. The Hall–Kier alpha value is -6.57. The molecule has 0 aliphatic carbocycles. The zero-order valence-electron chi connectivity index (χ0n) is 21.6. The van der Waals surface area contributed by atoms with Gasteiger partial charge in [-0.2, -0.15) is 0 Å². The molecule has 0 heterocycles. The molecule has 0 bridgehead atoms. The fourth-order valence-corrected chi connectivity index (χ4v) is 3.34. The molecule has 0 saturated heterocycles. The summed E-state index contributed by atoms with van der Waals surface area (Å²) in [4.78, 5) is 79.5. The molecule has 14 nitrogen and oxygen atoms in total. The summed E-state index contributed by atoms with van der Waals surface area (Å²) in [6.07, 6.45) is 10.8. The second kappa shape index (κ2) is 16.5. The van der Waals surface area contributed by atoms with Crippen molar-refractivity contribution in [1.29, 1.82) is 0 Å². The van der Waals surface area contributed by atoms with Crippen LogP contribution in [-0.4, -0.2) is 77.5 Å². The first-order valence-electron chi connectivity index (χ1n) is 11.4. The van der Waals surface area contributed by atoms with Gasteiger partial charge in [0.1, 0.15) is 0 Å². The predicted molar refractivity (Wildman–Crippen MR) is 150 cm³/mol. The van der Waals surface area contributed by atoms with Crippen LogP contribution in [0.25, 0.3) is 29.9 Å². The molecule has 222 valence electrons. The van der Waals surface area contributed by atoms with Crippen molar-refractivity contribution in [1.82, 2.24) is 0 Å². The Kier molecular flexibility index (Phi) is 13.2. The molecule has 1 aromatic carbocycles. The molecular weight excluding hydrogens is 572 g/mol. The molecule has 0 saturated carbocycles. The molecule has 0 atom stereocenters. The average molecular weight is 594 g/mol. The van der Waals surface area contributed by atoms with Crippen LogP contribution in [0.1, 0.15) is 27.8 Å². The quantitative estimate of drug-likeness (QED) is 0.114. The third kappa shape index (κ3) is 12.4. The zero-order chi connectivity index (χ0) is 32.7. The highest BCUT2D eigenvalue weighted by Crippen LogP contribution is 2.35. The van der Waals surface area contributed by atoms with E-state index < -0.39 is 41.8 Å². The van der Waals surface area contributed by atoms with E-state index in [-0.39, 0.29) is 39.0 Å². The Morgan fingerprint density at radius 1 is 0.395 bits per heavy atom. The van der Waals surface area contributed by atoms with Gasteiger partial charge in [0.2, 0.25) is 0 Å². The van der Waals surface area contributed by atoms with Gasteiger partial charge in [0.25, 0.3) is 0 Å². The Bertz CT molecular complexity index is 1560. The van der Waals surface area contributed by atoms with Crippen molar-refractivity contribution in [2.45, 2.75) is 0 Å². The Labute approximate surface area is 241 Å². The number of hydrogen-bond donors (Lipinski definition) is 7. The van der Waals surface area contributed by atoms with Crippen molar-refractivity contribution in [2.75, 3.05) is 0 Å². The SMILES string of the molecule is O=C(O)C=CC(C=CC(=O)O)=C(C=CC(=O)O)c1cc(C=CC(=O)O)c(C=CC(=O)O)c(C=CC(=O)O)c1C=CC(=O)O. The van der Waals surface area contributed by atoms with E-state index in [4.69, 9.17) is 10.2 Å². The van der Waals surface area contributed by atoms with Crippen LogP contribution in [0.3, 0.4) is 0 Å². The first-order valence-corrected chi connectivity index (χ1v) is 11.4. The van der Waals surface area contributed by atoms with Gasteiger partial charge in [0, 0.05) is 42.5 Å². The molecule has 7 N–H and O–H groups in total. The van der Waals surface area contributed by atoms with Crippen molar-refractivity contribution in [3.05, 3.63) is 100 Å². The summed E-state index contributed by atoms with van der Waals surface area (Å²) in [6.45, 7) is 0. The number of carboxylic acid groups (broad SMARTS) is 7. The van der Waals surface area contributed by atoms with E-state index in [0.29, 0.717) is 42.5 Å². The van der Waals surface area contributed by atoms with Crippen LogP contribution >= 0.6 is 0 Å². The highest BCUT2D eigenvalue weighted by atomic mass is 16.4. The van der Waals surface area contributed by atoms with Crippen molar-refractivity contribution in [2.24, 2.45) is 0 Å². The summed E-state index contributed by atoms with van der Waals surface area (Å²) in [5.74, 6) is -10.4. The number of carbonyl (C=O) groups is 7. The summed E-state index contributed by atoms with van der Waals surface area (Å²) in [6, 6.07) is 1.16. The lowest BCUT2D eigenvalue weighted by Crippen LogP contribution is -2.02. The normalized spacial score (nSPS) is 11.9. The van der Waals surface area contributed by atoms with Crippen molar-refractivity contribution < 1.29 is 69.3 Å². The molecule has 14 heteroatoms. The van der Waals surface area contributed by atoms with E-state index in [1.54, 1.807) is 0 Å². The second-order valence-electron chi connectivity index (χ2n) is 7.82. The smallest absolute Gasteiger partial charge is 0.328 e. The van der Waals surface area contributed by atoms with Gasteiger partial charge in [0.15, 0.2) is 0 Å². The van der Waals surface area contributed by atoms with Crippen molar-refractivity contribution in [3.63, 3.8) is 0 Å². The summed E-state index contributed by atoms with van der Waals surface area (Å²) in [7, 11) is 0. The Balaban J connectivity index is 4.77. The first kappa shape index (κ1) is 34.5. The van der Waals surface area contributed by atoms with Crippen molar-refractivity contribution in [3.8, 4) is 0 Å². The van der Waals surface area contributed by atoms with Crippen LogP contribution in [0, 0.1) is 0 Å². The summed E-state index contributed by atoms with van der Waals surface area (Å²) in [5, 5.41) is 64.6. The number of rotatable bonds is 15. The molecule has 0 fully saturated rings. The molecule has 0 aliphatic rings. The number of hydrogen-bond acceptors (Lipinski definition) is 7. The van der Waals surface area contributed by atoms with Crippen LogP contribution in [0.2, 0.25) is 0 Å². The predicted octanol–water partition coefficient (Wildman–Crippen LogP) is 2.75. The van der Waals surface area contributed by atoms with Gasteiger partial charge in [-0.1, -0.05) is 0 Å².